The topological polar surface area (TPSA) is 24.9 Å². The third kappa shape index (κ3) is 5.33. The number of pyridine rings is 1. The van der Waals surface area contributed by atoms with Crippen LogP contribution in [0.2, 0.25) is 0 Å². The van der Waals surface area contributed by atoms with E-state index in [1.807, 2.05) is 0 Å². The third-order valence-electron chi connectivity index (χ3n) is 3.01. The molecule has 0 amide bonds. The molecule has 0 aliphatic heterocycles. The Bertz CT molecular complexity index is 428. The van der Waals surface area contributed by atoms with E-state index in [-0.39, 0.29) is 5.69 Å². The summed E-state index contributed by atoms with van der Waals surface area (Å²) in [5.41, 5.74) is -0.305. The normalized spacial score (nSPS) is 11.6. The zero-order chi connectivity index (χ0) is 15.0. The molecule has 0 bridgehead atoms. The summed E-state index contributed by atoms with van der Waals surface area (Å²) in [4.78, 5) is 3.81. The average molecular weight is 286 g/mol. The maximum atomic E-state index is 12.8. The minimum atomic E-state index is -4.40. The Hall–Kier alpha value is -1.36. The van der Waals surface area contributed by atoms with Crippen LogP contribution in [0.5, 0.6) is 0 Å². The minimum absolute atomic E-state index is 0.121. The molecule has 0 spiro atoms. The van der Waals surface area contributed by atoms with Gasteiger partial charge in [-0.3, -0.25) is 4.98 Å². The maximum Gasteiger partial charge on any atom is 0.418 e. The largest absolute Gasteiger partial charge is 0.418 e. The molecule has 0 aliphatic rings. The van der Waals surface area contributed by atoms with Gasteiger partial charge in [0.15, 0.2) is 0 Å². The van der Waals surface area contributed by atoms with Crippen LogP contribution in [0.15, 0.2) is 18.8 Å². The first-order chi connectivity index (χ1) is 9.49. The molecular formula is C15H21F3N2. The highest BCUT2D eigenvalue weighted by Crippen LogP contribution is 2.32. The zero-order valence-electron chi connectivity index (χ0n) is 11.8. The van der Waals surface area contributed by atoms with Crippen molar-refractivity contribution in [2.75, 3.05) is 6.54 Å². The number of rotatable bonds is 8. The fraction of sp³-hybridized carbons (Fsp3) is 0.533. The smallest absolute Gasteiger partial charge is 0.313 e. The Labute approximate surface area is 118 Å². The molecule has 1 heterocycles. The van der Waals surface area contributed by atoms with Gasteiger partial charge in [0.1, 0.15) is 0 Å². The van der Waals surface area contributed by atoms with E-state index >= 15 is 0 Å². The fourth-order valence-electron chi connectivity index (χ4n) is 1.91. The van der Waals surface area contributed by atoms with Gasteiger partial charge in [0.25, 0.3) is 0 Å². The Morgan fingerprint density at radius 3 is 2.65 bits per heavy atom. The van der Waals surface area contributed by atoms with Crippen LogP contribution in [0.3, 0.4) is 0 Å². The van der Waals surface area contributed by atoms with Crippen LogP contribution in [-0.2, 0) is 12.7 Å². The van der Waals surface area contributed by atoms with Gasteiger partial charge in [-0.05, 0) is 30.7 Å². The molecule has 0 fully saturated rings. The van der Waals surface area contributed by atoms with E-state index in [9.17, 15) is 13.2 Å². The van der Waals surface area contributed by atoms with Crippen molar-refractivity contribution in [3.63, 3.8) is 0 Å². The van der Waals surface area contributed by atoms with E-state index in [0.717, 1.165) is 31.5 Å². The Morgan fingerprint density at radius 2 is 2.05 bits per heavy atom. The highest BCUT2D eigenvalue weighted by atomic mass is 19.4. The maximum absolute atomic E-state index is 12.8. The summed E-state index contributed by atoms with van der Waals surface area (Å²) in [7, 11) is 0. The minimum Gasteiger partial charge on any atom is -0.313 e. The molecule has 0 saturated carbocycles. The molecule has 0 saturated heterocycles. The third-order valence-corrected chi connectivity index (χ3v) is 3.01. The Kier molecular flexibility index (Phi) is 6.71. The lowest BCUT2D eigenvalue weighted by atomic mass is 10.1. The molecule has 112 valence electrons. The molecule has 1 N–H and O–H groups in total. The molecule has 0 aliphatic carbocycles. The summed E-state index contributed by atoms with van der Waals surface area (Å²) in [5.74, 6) is 0. The van der Waals surface area contributed by atoms with Crippen LogP contribution in [0, 0.1) is 0 Å². The van der Waals surface area contributed by atoms with Crippen molar-refractivity contribution in [3.05, 3.63) is 35.7 Å². The molecule has 0 aromatic carbocycles. The fourth-order valence-corrected chi connectivity index (χ4v) is 1.91. The van der Waals surface area contributed by atoms with Crippen molar-refractivity contribution < 1.29 is 13.2 Å². The Balaban J connectivity index is 2.57. The molecule has 2 nitrogen and oxygen atoms in total. The Morgan fingerprint density at radius 1 is 1.30 bits per heavy atom. The van der Waals surface area contributed by atoms with E-state index < -0.39 is 11.7 Å². The van der Waals surface area contributed by atoms with Crippen LogP contribution >= 0.6 is 0 Å². The molecular weight excluding hydrogens is 265 g/mol. The van der Waals surface area contributed by atoms with Crippen molar-refractivity contribution in [1.29, 1.82) is 0 Å². The predicted molar refractivity (Wildman–Crippen MR) is 75.2 cm³/mol. The van der Waals surface area contributed by atoms with Gasteiger partial charge >= 0.3 is 6.18 Å². The van der Waals surface area contributed by atoms with Gasteiger partial charge in [-0.1, -0.05) is 32.8 Å². The number of hydrogen-bond acceptors (Lipinski definition) is 2. The zero-order valence-corrected chi connectivity index (χ0v) is 11.8. The second-order valence-electron chi connectivity index (χ2n) is 4.72. The second kappa shape index (κ2) is 8.04. The quantitative estimate of drug-likeness (QED) is 0.716. The molecule has 1 aromatic heterocycles. The lowest BCUT2D eigenvalue weighted by molar-refractivity contribution is -0.138. The molecule has 0 radical (unpaired) electrons. The van der Waals surface area contributed by atoms with Crippen LogP contribution in [0.4, 0.5) is 13.2 Å². The number of aromatic nitrogens is 1. The monoisotopic (exact) mass is 286 g/mol. The number of nitrogens with one attached hydrogen (secondary N) is 1. The van der Waals surface area contributed by atoms with Gasteiger partial charge in [0, 0.05) is 12.7 Å². The van der Waals surface area contributed by atoms with E-state index in [0.29, 0.717) is 12.1 Å². The van der Waals surface area contributed by atoms with E-state index in [1.165, 1.54) is 19.0 Å². The van der Waals surface area contributed by atoms with Crippen molar-refractivity contribution in [2.24, 2.45) is 0 Å². The summed E-state index contributed by atoms with van der Waals surface area (Å²) >= 11 is 0. The number of alkyl halides is 3. The van der Waals surface area contributed by atoms with Gasteiger partial charge in [0.05, 0.1) is 11.3 Å². The molecule has 5 heteroatoms. The number of hydrogen-bond donors (Lipinski definition) is 1. The van der Waals surface area contributed by atoms with E-state index in [2.05, 4.69) is 23.8 Å². The summed E-state index contributed by atoms with van der Waals surface area (Å²) in [6.45, 7) is 6.71. The second-order valence-corrected chi connectivity index (χ2v) is 4.72. The van der Waals surface area contributed by atoms with Crippen LogP contribution in [-0.4, -0.2) is 11.5 Å². The highest BCUT2D eigenvalue weighted by Gasteiger charge is 2.33. The summed E-state index contributed by atoms with van der Waals surface area (Å²) < 4.78 is 38.5. The van der Waals surface area contributed by atoms with Gasteiger partial charge in [0.2, 0.25) is 0 Å². The summed E-state index contributed by atoms with van der Waals surface area (Å²) in [6, 6.07) is 1.14. The van der Waals surface area contributed by atoms with Crippen molar-refractivity contribution >= 4 is 6.08 Å². The number of nitrogens with zero attached hydrogens (tertiary/aromatic N) is 1. The molecule has 0 atom stereocenters. The van der Waals surface area contributed by atoms with Crippen molar-refractivity contribution in [3.8, 4) is 0 Å². The van der Waals surface area contributed by atoms with Gasteiger partial charge in [-0.25, -0.2) is 0 Å². The first kappa shape index (κ1) is 16.7. The first-order valence-corrected chi connectivity index (χ1v) is 6.88. The molecule has 1 aromatic rings. The summed E-state index contributed by atoms with van der Waals surface area (Å²) in [5, 5.41) is 3.14. The van der Waals surface area contributed by atoms with Gasteiger partial charge in [-0.15, -0.1) is 0 Å². The van der Waals surface area contributed by atoms with Crippen LogP contribution in [0.25, 0.3) is 6.08 Å². The van der Waals surface area contributed by atoms with E-state index in [4.69, 9.17) is 0 Å². The number of halogens is 3. The number of unbranched alkanes of at least 4 members (excludes halogenated alkanes) is 3. The highest BCUT2D eigenvalue weighted by molar-refractivity contribution is 5.48. The van der Waals surface area contributed by atoms with E-state index in [1.54, 1.807) is 0 Å². The van der Waals surface area contributed by atoms with Gasteiger partial charge in [-0.2, -0.15) is 13.2 Å². The average Bonchev–Trinajstić information content (AvgIpc) is 2.41. The lowest BCUT2D eigenvalue weighted by Crippen LogP contribution is -2.16. The first-order valence-electron chi connectivity index (χ1n) is 6.88. The van der Waals surface area contributed by atoms with Crippen LogP contribution in [0.1, 0.15) is 49.4 Å². The molecule has 20 heavy (non-hydrogen) atoms. The lowest BCUT2D eigenvalue weighted by Gasteiger charge is -2.12. The van der Waals surface area contributed by atoms with Gasteiger partial charge < -0.3 is 5.32 Å². The molecule has 0 unspecified atom stereocenters. The van der Waals surface area contributed by atoms with Crippen molar-refractivity contribution in [2.45, 2.75) is 45.3 Å². The summed E-state index contributed by atoms with van der Waals surface area (Å²) in [6.07, 6.45) is 2.74. The van der Waals surface area contributed by atoms with Crippen LogP contribution < -0.4 is 5.32 Å². The molecule has 1 rings (SSSR count). The predicted octanol–water partition coefficient (Wildman–Crippen LogP) is 4.41. The SMILES string of the molecule is C=Cc1ncc(CNCCCCCC)cc1C(F)(F)F. The standard InChI is InChI=1S/C15H21F3N2/c1-3-5-6-7-8-19-10-12-9-13(15(16,17)18)14(4-2)20-11-12/h4,9,11,19H,2-3,5-8,10H2,1H3. The van der Waals surface area contributed by atoms with Crippen molar-refractivity contribution in [1.82, 2.24) is 10.3 Å².